The number of carboxylic acid groups (broad SMARTS) is 1. The van der Waals surface area contributed by atoms with Crippen LogP contribution in [0.5, 0.6) is 17.2 Å². The zero-order valence-corrected chi connectivity index (χ0v) is 15.5. The van der Waals surface area contributed by atoms with Gasteiger partial charge in [-0.05, 0) is 29.8 Å². The maximum Gasteiger partial charge on any atom is 0.290 e. The number of methoxy groups -OCH3 is 2. The van der Waals surface area contributed by atoms with Gasteiger partial charge in [-0.2, -0.15) is 0 Å². The molecule has 27 heavy (non-hydrogen) atoms. The summed E-state index contributed by atoms with van der Waals surface area (Å²) in [5.41, 5.74) is 2.93. The summed E-state index contributed by atoms with van der Waals surface area (Å²) in [6.45, 7) is 0.180. The van der Waals surface area contributed by atoms with Gasteiger partial charge in [0.1, 0.15) is 23.9 Å². The first-order valence-electron chi connectivity index (χ1n) is 8.10. The van der Waals surface area contributed by atoms with Crippen molar-refractivity contribution in [1.82, 2.24) is 9.55 Å². The number of hydrogen-bond donors (Lipinski definition) is 1. The molecule has 7 nitrogen and oxygen atoms in total. The molecule has 0 saturated heterocycles. The Hall–Kier alpha value is -3.48. The SMILES string of the molecule is COc1cc(COc2cccc(-c3cn(C)cn3)c2)cc(OC)c1.O=CO. The van der Waals surface area contributed by atoms with Crippen LogP contribution >= 0.6 is 0 Å². The van der Waals surface area contributed by atoms with E-state index in [1.54, 1.807) is 20.5 Å². The van der Waals surface area contributed by atoms with E-state index in [1.165, 1.54) is 0 Å². The quantitative estimate of drug-likeness (QED) is 0.670. The Kier molecular flexibility index (Phi) is 7.25. The summed E-state index contributed by atoms with van der Waals surface area (Å²) in [6, 6.07) is 13.6. The fourth-order valence-electron chi connectivity index (χ4n) is 2.42. The molecule has 142 valence electrons. The van der Waals surface area contributed by atoms with Gasteiger partial charge in [0.2, 0.25) is 0 Å². The maximum absolute atomic E-state index is 8.36. The molecule has 1 aromatic heterocycles. The van der Waals surface area contributed by atoms with Crippen LogP contribution in [0.1, 0.15) is 5.56 Å². The average Bonchev–Trinajstić information content (AvgIpc) is 3.13. The van der Waals surface area contributed by atoms with E-state index in [0.29, 0.717) is 6.61 Å². The first-order chi connectivity index (χ1) is 13.1. The number of nitrogens with zero attached hydrogens (tertiary/aromatic N) is 2. The molecule has 1 N–H and O–H groups in total. The van der Waals surface area contributed by atoms with Crippen LogP contribution < -0.4 is 14.2 Å². The van der Waals surface area contributed by atoms with Crippen LogP contribution in [-0.2, 0) is 18.4 Å². The third-order valence-electron chi connectivity index (χ3n) is 3.65. The van der Waals surface area contributed by atoms with Crippen LogP contribution in [0.2, 0.25) is 0 Å². The molecule has 0 aliphatic rings. The van der Waals surface area contributed by atoms with Gasteiger partial charge in [0.25, 0.3) is 6.47 Å². The van der Waals surface area contributed by atoms with Crippen molar-refractivity contribution in [1.29, 1.82) is 0 Å². The van der Waals surface area contributed by atoms with Crippen molar-refractivity contribution >= 4 is 6.47 Å². The lowest BCUT2D eigenvalue weighted by Gasteiger charge is -2.10. The molecule has 1 heterocycles. The zero-order valence-electron chi connectivity index (χ0n) is 15.5. The fourth-order valence-corrected chi connectivity index (χ4v) is 2.42. The summed E-state index contributed by atoms with van der Waals surface area (Å²) in [5.74, 6) is 2.28. The standard InChI is InChI=1S/C19H20N2O3.CH2O2/c1-21-11-19(20-13-21)15-5-4-6-16(9-15)24-12-14-7-17(22-2)10-18(8-14)23-3;2-1-3/h4-11,13H,12H2,1-3H3;1H,(H,2,3). The van der Waals surface area contributed by atoms with E-state index in [9.17, 15) is 0 Å². The second kappa shape index (κ2) is 9.86. The van der Waals surface area contributed by atoms with E-state index in [-0.39, 0.29) is 6.47 Å². The minimum atomic E-state index is -0.250. The van der Waals surface area contributed by atoms with Crippen LogP contribution in [-0.4, -0.2) is 35.3 Å². The molecular formula is C20H22N2O5. The van der Waals surface area contributed by atoms with Gasteiger partial charge in [0, 0.05) is 24.9 Å². The number of benzene rings is 2. The predicted molar refractivity (Wildman–Crippen MR) is 101 cm³/mol. The molecule has 7 heteroatoms. The number of rotatable bonds is 6. The molecule has 2 aromatic carbocycles. The Morgan fingerprint density at radius 1 is 1.07 bits per heavy atom. The van der Waals surface area contributed by atoms with Crippen molar-refractivity contribution in [2.24, 2.45) is 7.05 Å². The highest BCUT2D eigenvalue weighted by Crippen LogP contribution is 2.25. The Morgan fingerprint density at radius 2 is 1.74 bits per heavy atom. The van der Waals surface area contributed by atoms with Crippen molar-refractivity contribution in [3.63, 3.8) is 0 Å². The van der Waals surface area contributed by atoms with Crippen molar-refractivity contribution in [3.05, 3.63) is 60.6 Å². The largest absolute Gasteiger partial charge is 0.497 e. The molecule has 0 unspecified atom stereocenters. The summed E-state index contributed by atoms with van der Waals surface area (Å²) in [4.78, 5) is 12.7. The first-order valence-corrected chi connectivity index (χ1v) is 8.10. The van der Waals surface area contributed by atoms with Crippen molar-refractivity contribution in [2.75, 3.05) is 14.2 Å². The second-order valence-corrected chi connectivity index (χ2v) is 5.57. The highest BCUT2D eigenvalue weighted by Gasteiger charge is 2.05. The van der Waals surface area contributed by atoms with E-state index in [1.807, 2.05) is 60.3 Å². The van der Waals surface area contributed by atoms with E-state index < -0.39 is 0 Å². The summed E-state index contributed by atoms with van der Waals surface area (Å²) in [7, 11) is 5.22. The summed E-state index contributed by atoms with van der Waals surface area (Å²) in [5, 5.41) is 6.89. The Labute approximate surface area is 157 Å². The first kappa shape index (κ1) is 19.8. The molecule has 0 radical (unpaired) electrons. The lowest BCUT2D eigenvalue weighted by atomic mass is 10.1. The van der Waals surface area contributed by atoms with E-state index in [0.717, 1.165) is 34.1 Å². The molecule has 0 aliphatic heterocycles. The second-order valence-electron chi connectivity index (χ2n) is 5.57. The molecule has 0 spiro atoms. The van der Waals surface area contributed by atoms with Gasteiger partial charge < -0.3 is 23.9 Å². The van der Waals surface area contributed by atoms with Crippen LogP contribution in [0.25, 0.3) is 11.3 Å². The Bertz CT molecular complexity index is 854. The van der Waals surface area contributed by atoms with E-state index >= 15 is 0 Å². The number of hydrogen-bond acceptors (Lipinski definition) is 5. The summed E-state index contributed by atoms with van der Waals surface area (Å²) >= 11 is 0. The van der Waals surface area contributed by atoms with Gasteiger partial charge in [0.05, 0.1) is 26.2 Å². The smallest absolute Gasteiger partial charge is 0.290 e. The molecule has 0 fully saturated rings. The topological polar surface area (TPSA) is 82.8 Å². The van der Waals surface area contributed by atoms with Crippen LogP contribution in [0.15, 0.2) is 55.0 Å². The normalized spacial score (nSPS) is 9.74. The highest BCUT2D eigenvalue weighted by molar-refractivity contribution is 5.60. The van der Waals surface area contributed by atoms with Gasteiger partial charge in [-0.15, -0.1) is 0 Å². The molecular weight excluding hydrogens is 348 g/mol. The average molecular weight is 370 g/mol. The van der Waals surface area contributed by atoms with E-state index in [4.69, 9.17) is 24.1 Å². The minimum absolute atomic E-state index is 0.250. The van der Waals surface area contributed by atoms with Crippen molar-refractivity contribution in [3.8, 4) is 28.5 Å². The number of ether oxygens (including phenoxy) is 3. The molecule has 0 atom stereocenters. The van der Waals surface area contributed by atoms with Gasteiger partial charge in [-0.25, -0.2) is 4.98 Å². The monoisotopic (exact) mass is 370 g/mol. The third-order valence-corrected chi connectivity index (χ3v) is 3.65. The number of aromatic nitrogens is 2. The van der Waals surface area contributed by atoms with Gasteiger partial charge in [-0.3, -0.25) is 4.79 Å². The van der Waals surface area contributed by atoms with Crippen LogP contribution in [0.4, 0.5) is 0 Å². The molecule has 3 rings (SSSR count). The molecule has 0 amide bonds. The van der Waals surface area contributed by atoms with Gasteiger partial charge in [-0.1, -0.05) is 12.1 Å². The van der Waals surface area contributed by atoms with Gasteiger partial charge >= 0.3 is 0 Å². The lowest BCUT2D eigenvalue weighted by molar-refractivity contribution is -0.122. The number of carbonyl (C=O) groups is 1. The molecule has 0 bridgehead atoms. The van der Waals surface area contributed by atoms with Crippen molar-refractivity contribution < 1.29 is 24.1 Å². The summed E-state index contributed by atoms with van der Waals surface area (Å²) < 4.78 is 18.4. The summed E-state index contributed by atoms with van der Waals surface area (Å²) in [6.07, 6.45) is 3.76. The Balaban J connectivity index is 0.000000817. The number of imidazole rings is 1. The number of aryl methyl sites for hydroxylation is 1. The zero-order chi connectivity index (χ0) is 19.6. The molecule has 3 aromatic rings. The molecule has 0 saturated carbocycles. The van der Waals surface area contributed by atoms with Gasteiger partial charge in [0.15, 0.2) is 0 Å². The third kappa shape index (κ3) is 5.78. The molecule has 0 aliphatic carbocycles. The van der Waals surface area contributed by atoms with Crippen molar-refractivity contribution in [2.45, 2.75) is 6.61 Å². The fraction of sp³-hybridized carbons (Fsp3) is 0.200. The minimum Gasteiger partial charge on any atom is -0.497 e. The Morgan fingerprint density at radius 3 is 2.30 bits per heavy atom. The lowest BCUT2D eigenvalue weighted by Crippen LogP contribution is -1.97. The van der Waals surface area contributed by atoms with Crippen LogP contribution in [0, 0.1) is 0 Å². The predicted octanol–water partition coefficient (Wildman–Crippen LogP) is 3.38. The van der Waals surface area contributed by atoms with Crippen LogP contribution in [0.3, 0.4) is 0 Å². The van der Waals surface area contributed by atoms with E-state index in [2.05, 4.69) is 4.98 Å². The highest BCUT2D eigenvalue weighted by atomic mass is 16.5. The maximum atomic E-state index is 8.36.